The first-order chi connectivity index (χ1) is 11.9. The molecule has 2 N–H and O–H groups in total. The molecule has 0 bridgehead atoms. The molecule has 0 aliphatic heterocycles. The molecule has 0 aromatic heterocycles. The van der Waals surface area contributed by atoms with E-state index in [-0.39, 0.29) is 23.1 Å². The summed E-state index contributed by atoms with van der Waals surface area (Å²) in [4.78, 5) is 12.6. The number of phenolic OH excluding ortho intramolecular Hbond substituents is 1. The Morgan fingerprint density at radius 1 is 1.28 bits per heavy atom. The molecule has 0 radical (unpaired) electrons. The number of ketones is 1. The molecule has 4 nitrogen and oxygen atoms in total. The lowest BCUT2D eigenvalue weighted by molar-refractivity contribution is -0.121. The van der Waals surface area contributed by atoms with E-state index in [0.717, 1.165) is 31.2 Å². The van der Waals surface area contributed by atoms with Crippen molar-refractivity contribution in [1.82, 2.24) is 0 Å². The molecule has 0 amide bonds. The first-order valence-electron chi connectivity index (χ1n) is 9.62. The number of hydrogen-bond donors (Lipinski definition) is 2. The second-order valence-electron chi connectivity index (χ2n) is 8.39. The summed E-state index contributed by atoms with van der Waals surface area (Å²) >= 11 is 0. The van der Waals surface area contributed by atoms with Crippen LogP contribution >= 0.6 is 0 Å². The van der Waals surface area contributed by atoms with Gasteiger partial charge in [0.2, 0.25) is 0 Å². The Morgan fingerprint density at radius 3 is 2.84 bits per heavy atom. The molecule has 0 unspecified atom stereocenters. The summed E-state index contributed by atoms with van der Waals surface area (Å²) in [6, 6.07) is 3.70. The van der Waals surface area contributed by atoms with Gasteiger partial charge in [-0.25, -0.2) is 0 Å². The van der Waals surface area contributed by atoms with Crippen LogP contribution in [-0.2, 0) is 11.2 Å². The van der Waals surface area contributed by atoms with Gasteiger partial charge in [-0.05, 0) is 79.0 Å². The van der Waals surface area contributed by atoms with Crippen LogP contribution in [0.3, 0.4) is 0 Å². The third kappa shape index (κ3) is 2.57. The lowest BCUT2D eigenvalue weighted by atomic mass is 9.58. The van der Waals surface area contributed by atoms with Crippen molar-refractivity contribution in [2.24, 2.45) is 17.3 Å². The van der Waals surface area contributed by atoms with Gasteiger partial charge in [0.25, 0.3) is 0 Å². The molecule has 2 fully saturated rings. The third-order valence-electron chi connectivity index (χ3n) is 7.16. The van der Waals surface area contributed by atoms with Crippen LogP contribution in [0.2, 0.25) is 0 Å². The number of aromatic hydroxyl groups is 1. The minimum Gasteiger partial charge on any atom is -0.504 e. The maximum absolute atomic E-state index is 12.6. The molecule has 136 valence electrons. The molecule has 2 saturated carbocycles. The number of aliphatic hydroxyl groups is 1. The molecular weight excluding hydrogens is 316 g/mol. The molecule has 1 aromatic carbocycles. The Morgan fingerprint density at radius 2 is 2.08 bits per heavy atom. The molecule has 0 saturated heterocycles. The second-order valence-corrected chi connectivity index (χ2v) is 8.39. The highest BCUT2D eigenvalue weighted by atomic mass is 16.5. The van der Waals surface area contributed by atoms with Gasteiger partial charge in [0.1, 0.15) is 5.78 Å². The lowest BCUT2D eigenvalue weighted by Gasteiger charge is -2.47. The van der Waals surface area contributed by atoms with Crippen LogP contribution in [0.1, 0.15) is 63.0 Å². The fraction of sp³-hybridized carbons (Fsp3) is 0.667. The van der Waals surface area contributed by atoms with Crippen molar-refractivity contribution < 1.29 is 19.7 Å². The van der Waals surface area contributed by atoms with Crippen LogP contribution in [0.4, 0.5) is 0 Å². The van der Waals surface area contributed by atoms with E-state index in [9.17, 15) is 15.0 Å². The van der Waals surface area contributed by atoms with Gasteiger partial charge in [-0.1, -0.05) is 6.92 Å². The predicted molar refractivity (Wildman–Crippen MR) is 94.9 cm³/mol. The van der Waals surface area contributed by atoms with E-state index in [2.05, 4.69) is 6.92 Å². The smallest absolute Gasteiger partial charge is 0.161 e. The lowest BCUT2D eigenvalue weighted by Crippen LogP contribution is -2.42. The highest BCUT2D eigenvalue weighted by Gasteiger charge is 2.54. The summed E-state index contributed by atoms with van der Waals surface area (Å²) in [5.41, 5.74) is 2.09. The van der Waals surface area contributed by atoms with Crippen molar-refractivity contribution >= 4 is 5.78 Å². The Kier molecular flexibility index (Phi) is 4.06. The van der Waals surface area contributed by atoms with E-state index < -0.39 is 0 Å². The van der Waals surface area contributed by atoms with E-state index in [1.165, 1.54) is 5.56 Å². The van der Waals surface area contributed by atoms with E-state index in [1.54, 1.807) is 6.07 Å². The highest BCUT2D eigenvalue weighted by molar-refractivity contribution is 5.83. The van der Waals surface area contributed by atoms with Crippen molar-refractivity contribution in [3.05, 3.63) is 23.3 Å². The van der Waals surface area contributed by atoms with Crippen molar-refractivity contribution in [1.29, 1.82) is 0 Å². The minimum atomic E-state index is -0.241. The molecule has 5 atom stereocenters. The fourth-order valence-electron chi connectivity index (χ4n) is 5.88. The Balaban J connectivity index is 1.78. The first-order valence-corrected chi connectivity index (χ1v) is 9.62. The number of phenols is 1. The first kappa shape index (κ1) is 16.9. The molecule has 1 aromatic rings. The van der Waals surface area contributed by atoms with Gasteiger partial charge >= 0.3 is 0 Å². The van der Waals surface area contributed by atoms with Gasteiger partial charge in [0.05, 0.1) is 12.7 Å². The molecule has 0 heterocycles. The monoisotopic (exact) mass is 344 g/mol. The number of rotatable bonds is 2. The SMILES string of the molecule is CCOc1cc2c(cc1O)CC(=O)C[C@@H]1[C@@H]2CC[C@]2(C)[C@@H](O)CC[C@@H]12. The zero-order valence-corrected chi connectivity index (χ0v) is 15.1. The van der Waals surface area contributed by atoms with Gasteiger partial charge in [0.15, 0.2) is 11.5 Å². The summed E-state index contributed by atoms with van der Waals surface area (Å²) < 4.78 is 5.60. The molecule has 0 spiro atoms. The summed E-state index contributed by atoms with van der Waals surface area (Å²) in [6.45, 7) is 4.62. The average molecular weight is 344 g/mol. The number of carbonyl (C=O) groups is 1. The largest absolute Gasteiger partial charge is 0.504 e. The van der Waals surface area contributed by atoms with Crippen LogP contribution in [-0.4, -0.2) is 28.7 Å². The predicted octanol–water partition coefficient (Wildman–Crippen LogP) is 3.58. The molecule has 4 rings (SSSR count). The normalized spacial score (nSPS) is 37.0. The molecular formula is C21H28O4. The second kappa shape index (κ2) is 6.01. The van der Waals surface area contributed by atoms with Gasteiger partial charge in [-0.15, -0.1) is 0 Å². The Bertz CT molecular complexity index is 697. The zero-order chi connectivity index (χ0) is 17.8. The number of benzene rings is 1. The Hall–Kier alpha value is -1.55. The van der Waals surface area contributed by atoms with Crippen LogP contribution in [0.15, 0.2) is 12.1 Å². The van der Waals surface area contributed by atoms with Crippen molar-refractivity contribution in [3.63, 3.8) is 0 Å². The Labute approximate surface area is 149 Å². The molecule has 25 heavy (non-hydrogen) atoms. The van der Waals surface area contributed by atoms with E-state index in [0.29, 0.717) is 43.0 Å². The molecule has 3 aliphatic carbocycles. The molecule has 3 aliphatic rings. The van der Waals surface area contributed by atoms with Crippen LogP contribution in [0.5, 0.6) is 11.5 Å². The average Bonchev–Trinajstić information content (AvgIpc) is 2.79. The van der Waals surface area contributed by atoms with E-state index in [1.807, 2.05) is 13.0 Å². The minimum absolute atomic E-state index is 0.0500. The third-order valence-corrected chi connectivity index (χ3v) is 7.16. The van der Waals surface area contributed by atoms with Crippen molar-refractivity contribution in [2.45, 2.75) is 64.4 Å². The number of aliphatic hydroxyl groups excluding tert-OH is 1. The van der Waals surface area contributed by atoms with Gasteiger partial charge in [-0.3, -0.25) is 4.79 Å². The summed E-state index contributed by atoms with van der Waals surface area (Å²) in [5, 5.41) is 20.7. The maximum Gasteiger partial charge on any atom is 0.161 e. The van der Waals surface area contributed by atoms with Crippen LogP contribution in [0, 0.1) is 17.3 Å². The van der Waals surface area contributed by atoms with Gasteiger partial charge in [-0.2, -0.15) is 0 Å². The van der Waals surface area contributed by atoms with Gasteiger partial charge < -0.3 is 14.9 Å². The van der Waals surface area contributed by atoms with Crippen LogP contribution in [0.25, 0.3) is 0 Å². The van der Waals surface area contributed by atoms with Crippen LogP contribution < -0.4 is 4.74 Å². The number of carbonyl (C=O) groups excluding carboxylic acids is 1. The zero-order valence-electron chi connectivity index (χ0n) is 15.1. The summed E-state index contributed by atoms with van der Waals surface area (Å²) in [5.74, 6) is 1.93. The topological polar surface area (TPSA) is 66.8 Å². The highest BCUT2D eigenvalue weighted by Crippen LogP contribution is 2.60. The quantitative estimate of drug-likeness (QED) is 0.860. The number of Topliss-reactive ketones (excluding diaryl/α,β-unsaturated/α-hetero) is 1. The number of fused-ring (bicyclic) bond motifs is 5. The molecule has 4 heteroatoms. The fourth-order valence-corrected chi connectivity index (χ4v) is 5.88. The summed E-state index contributed by atoms with van der Waals surface area (Å²) in [7, 11) is 0. The standard InChI is InChI=1S/C21H28O4/c1-3-25-19-11-15-12(9-18(19)23)8-13(22)10-16-14(15)6-7-21(2)17(16)4-5-20(21)24/h9,11,14,16-17,20,23-24H,3-8,10H2,1-2H3/t14-,16-,17+,20+,21+/m1/s1. The van der Waals surface area contributed by atoms with E-state index in [4.69, 9.17) is 4.74 Å². The van der Waals surface area contributed by atoms with Crippen molar-refractivity contribution in [2.75, 3.05) is 6.61 Å². The maximum atomic E-state index is 12.6. The number of ether oxygens (including phenoxy) is 1. The van der Waals surface area contributed by atoms with E-state index >= 15 is 0 Å². The van der Waals surface area contributed by atoms with Crippen molar-refractivity contribution in [3.8, 4) is 11.5 Å². The van der Waals surface area contributed by atoms with Gasteiger partial charge in [0, 0.05) is 12.8 Å². The number of hydrogen-bond acceptors (Lipinski definition) is 4. The summed E-state index contributed by atoms with van der Waals surface area (Å²) in [6.07, 6.45) is 4.60.